The van der Waals surface area contributed by atoms with Crippen LogP contribution >= 0.6 is 0 Å². The third kappa shape index (κ3) is 3.62. The van der Waals surface area contributed by atoms with E-state index < -0.39 is 0 Å². The van der Waals surface area contributed by atoms with E-state index in [-0.39, 0.29) is 12.1 Å². The second-order valence-corrected chi connectivity index (χ2v) is 5.61. The molecule has 2 heterocycles. The molecule has 1 aliphatic heterocycles. The number of amides is 2. The largest absolute Gasteiger partial charge is 0.493 e. The van der Waals surface area contributed by atoms with Crippen LogP contribution in [-0.4, -0.2) is 49.3 Å². The molecule has 2 amide bonds. The molecule has 3 rings (SSSR count). The molecular weight excluding hydrogens is 336 g/mol. The number of para-hydroxylation sites is 1. The van der Waals surface area contributed by atoms with Gasteiger partial charge in [-0.1, -0.05) is 6.07 Å². The van der Waals surface area contributed by atoms with Gasteiger partial charge < -0.3 is 24.4 Å². The van der Waals surface area contributed by atoms with Crippen LogP contribution in [0.4, 0.5) is 10.5 Å². The van der Waals surface area contributed by atoms with Gasteiger partial charge in [-0.2, -0.15) is 5.26 Å². The van der Waals surface area contributed by atoms with Crippen molar-refractivity contribution in [1.29, 1.82) is 5.26 Å². The Bertz CT molecular complexity index is 843. The molecule has 8 nitrogen and oxygen atoms in total. The summed E-state index contributed by atoms with van der Waals surface area (Å²) in [6.07, 6.45) is 1.36. The lowest BCUT2D eigenvalue weighted by Crippen LogP contribution is -2.57. The maximum absolute atomic E-state index is 12.4. The molecule has 1 aliphatic rings. The summed E-state index contributed by atoms with van der Waals surface area (Å²) >= 11 is 0. The normalized spacial score (nSPS) is 13.3. The summed E-state index contributed by atoms with van der Waals surface area (Å²) in [5.74, 6) is 1.39. The molecule has 134 valence electrons. The number of pyridine rings is 1. The van der Waals surface area contributed by atoms with Gasteiger partial charge in [0.2, 0.25) is 5.88 Å². The fraction of sp³-hybridized carbons (Fsp3) is 0.278. The van der Waals surface area contributed by atoms with E-state index >= 15 is 0 Å². The summed E-state index contributed by atoms with van der Waals surface area (Å²) in [6, 6.07) is 10.2. The fourth-order valence-electron chi connectivity index (χ4n) is 2.57. The first kappa shape index (κ1) is 17.4. The Morgan fingerprint density at radius 3 is 2.81 bits per heavy atom. The number of hydrogen-bond acceptors (Lipinski definition) is 6. The molecule has 0 aliphatic carbocycles. The van der Waals surface area contributed by atoms with Gasteiger partial charge in [0.15, 0.2) is 11.5 Å². The summed E-state index contributed by atoms with van der Waals surface area (Å²) in [4.78, 5) is 18.0. The summed E-state index contributed by atoms with van der Waals surface area (Å²) in [7, 11) is 3.06. The van der Waals surface area contributed by atoms with Crippen LogP contribution in [0.15, 0.2) is 36.5 Å². The van der Waals surface area contributed by atoms with Gasteiger partial charge in [-0.15, -0.1) is 0 Å². The van der Waals surface area contributed by atoms with Crippen LogP contribution in [-0.2, 0) is 0 Å². The quantitative estimate of drug-likeness (QED) is 0.885. The van der Waals surface area contributed by atoms with Gasteiger partial charge in [0.05, 0.1) is 44.6 Å². The van der Waals surface area contributed by atoms with Gasteiger partial charge in [0.1, 0.15) is 6.10 Å². The van der Waals surface area contributed by atoms with E-state index in [1.54, 1.807) is 35.2 Å². The average Bonchev–Trinajstić information content (AvgIpc) is 2.64. The Balaban J connectivity index is 1.56. The van der Waals surface area contributed by atoms with Crippen LogP contribution in [0, 0.1) is 11.3 Å². The highest BCUT2D eigenvalue weighted by Gasteiger charge is 2.33. The van der Waals surface area contributed by atoms with Crippen molar-refractivity contribution in [3.8, 4) is 23.4 Å². The Morgan fingerprint density at radius 1 is 1.31 bits per heavy atom. The summed E-state index contributed by atoms with van der Waals surface area (Å²) < 4.78 is 16.2. The molecule has 1 aromatic carbocycles. The molecule has 8 heteroatoms. The average molecular weight is 354 g/mol. The number of nitrogens with one attached hydrogen (secondary N) is 1. The van der Waals surface area contributed by atoms with Crippen molar-refractivity contribution in [1.82, 2.24) is 9.88 Å². The lowest BCUT2D eigenvalue weighted by Gasteiger charge is -2.38. The van der Waals surface area contributed by atoms with Crippen molar-refractivity contribution in [2.45, 2.75) is 6.10 Å². The molecule has 26 heavy (non-hydrogen) atoms. The third-order valence-corrected chi connectivity index (χ3v) is 3.93. The smallest absolute Gasteiger partial charge is 0.322 e. The maximum Gasteiger partial charge on any atom is 0.322 e. The van der Waals surface area contributed by atoms with Crippen molar-refractivity contribution in [2.75, 3.05) is 32.6 Å². The summed E-state index contributed by atoms with van der Waals surface area (Å²) in [6.45, 7) is 0.854. The van der Waals surface area contributed by atoms with Crippen molar-refractivity contribution >= 4 is 11.7 Å². The van der Waals surface area contributed by atoms with Crippen LogP contribution in [0.2, 0.25) is 0 Å². The van der Waals surface area contributed by atoms with Gasteiger partial charge in [0, 0.05) is 12.3 Å². The van der Waals surface area contributed by atoms with Crippen LogP contribution in [0.5, 0.6) is 17.4 Å². The van der Waals surface area contributed by atoms with Gasteiger partial charge in [-0.3, -0.25) is 0 Å². The Kier molecular flexibility index (Phi) is 5.08. The lowest BCUT2D eigenvalue weighted by atomic mass is 10.2. The van der Waals surface area contributed by atoms with E-state index in [9.17, 15) is 4.79 Å². The SMILES string of the molecule is COc1cccc(NC(=O)N2CC(Oc3cc(C#N)ccn3)C2)c1OC. The number of aromatic nitrogens is 1. The second-order valence-electron chi connectivity index (χ2n) is 5.61. The van der Waals surface area contributed by atoms with E-state index in [2.05, 4.69) is 10.3 Å². The Morgan fingerprint density at radius 2 is 2.12 bits per heavy atom. The molecule has 0 atom stereocenters. The minimum Gasteiger partial charge on any atom is -0.493 e. The number of nitriles is 1. The van der Waals surface area contributed by atoms with Gasteiger partial charge in [0.25, 0.3) is 0 Å². The molecule has 1 fully saturated rings. The van der Waals surface area contributed by atoms with E-state index in [1.807, 2.05) is 6.07 Å². The van der Waals surface area contributed by atoms with Gasteiger partial charge >= 0.3 is 6.03 Å². The molecule has 1 N–H and O–H groups in total. The van der Waals surface area contributed by atoms with Crippen molar-refractivity contribution in [2.24, 2.45) is 0 Å². The number of nitrogens with zero attached hydrogens (tertiary/aromatic N) is 3. The molecule has 0 radical (unpaired) electrons. The highest BCUT2D eigenvalue weighted by atomic mass is 16.5. The molecule has 0 spiro atoms. The molecule has 1 aromatic heterocycles. The van der Waals surface area contributed by atoms with E-state index in [0.717, 1.165) is 0 Å². The van der Waals surface area contributed by atoms with Crippen LogP contribution in [0.3, 0.4) is 0 Å². The minimum atomic E-state index is -0.255. The second kappa shape index (κ2) is 7.61. The predicted octanol–water partition coefficient (Wildman–Crippen LogP) is 2.27. The number of carbonyl (C=O) groups excluding carboxylic acids is 1. The maximum atomic E-state index is 12.4. The summed E-state index contributed by atoms with van der Waals surface area (Å²) in [5, 5.41) is 11.7. The number of carbonyl (C=O) groups is 1. The zero-order chi connectivity index (χ0) is 18.5. The number of hydrogen-bond donors (Lipinski definition) is 1. The van der Waals surface area contributed by atoms with Crippen LogP contribution < -0.4 is 19.5 Å². The Labute approximate surface area is 150 Å². The van der Waals surface area contributed by atoms with E-state index in [0.29, 0.717) is 41.7 Å². The lowest BCUT2D eigenvalue weighted by molar-refractivity contribution is 0.0460. The minimum absolute atomic E-state index is 0.158. The zero-order valence-electron chi connectivity index (χ0n) is 14.4. The highest BCUT2D eigenvalue weighted by molar-refractivity contribution is 5.92. The monoisotopic (exact) mass is 354 g/mol. The van der Waals surface area contributed by atoms with Crippen molar-refractivity contribution in [3.63, 3.8) is 0 Å². The predicted molar refractivity (Wildman–Crippen MR) is 93.5 cm³/mol. The number of anilines is 1. The number of ether oxygens (including phenoxy) is 3. The number of rotatable bonds is 5. The Hall–Kier alpha value is -3.47. The number of methoxy groups -OCH3 is 2. The first-order chi connectivity index (χ1) is 12.6. The van der Waals surface area contributed by atoms with Crippen LogP contribution in [0.25, 0.3) is 0 Å². The standard InChI is InChI=1S/C18H18N4O4/c1-24-15-5-3-4-14(17(15)25-2)21-18(23)22-10-13(11-22)26-16-8-12(9-19)6-7-20-16/h3-8,13H,10-11H2,1-2H3,(H,21,23). The van der Waals surface area contributed by atoms with Crippen molar-refractivity contribution in [3.05, 3.63) is 42.1 Å². The first-order valence-corrected chi connectivity index (χ1v) is 7.94. The highest BCUT2D eigenvalue weighted by Crippen LogP contribution is 2.35. The number of likely N-dealkylation sites (tertiary alicyclic amines) is 1. The van der Waals surface area contributed by atoms with Gasteiger partial charge in [-0.25, -0.2) is 9.78 Å². The fourth-order valence-corrected chi connectivity index (χ4v) is 2.57. The molecule has 0 unspecified atom stereocenters. The summed E-state index contributed by atoms with van der Waals surface area (Å²) in [5.41, 5.74) is 1.01. The first-order valence-electron chi connectivity index (χ1n) is 7.94. The van der Waals surface area contributed by atoms with E-state index in [1.165, 1.54) is 20.4 Å². The zero-order valence-corrected chi connectivity index (χ0v) is 14.4. The number of urea groups is 1. The van der Waals surface area contributed by atoms with Crippen LogP contribution in [0.1, 0.15) is 5.56 Å². The topological polar surface area (TPSA) is 96.7 Å². The van der Waals surface area contributed by atoms with Gasteiger partial charge in [-0.05, 0) is 18.2 Å². The number of benzene rings is 1. The third-order valence-electron chi connectivity index (χ3n) is 3.93. The molecule has 0 bridgehead atoms. The molecule has 2 aromatic rings. The molecule has 0 saturated carbocycles. The van der Waals surface area contributed by atoms with Crippen molar-refractivity contribution < 1.29 is 19.0 Å². The molecule has 1 saturated heterocycles. The molecular formula is C18H18N4O4. The van der Waals surface area contributed by atoms with E-state index in [4.69, 9.17) is 19.5 Å².